The summed E-state index contributed by atoms with van der Waals surface area (Å²) < 4.78 is 27.0. The molecule has 0 atom stereocenters. The number of aromatic nitrogens is 1. The van der Waals surface area contributed by atoms with Gasteiger partial charge in [0.2, 0.25) is 10.0 Å². The average Bonchev–Trinajstić information content (AvgIpc) is 2.87. The first kappa shape index (κ1) is 14.9. The third kappa shape index (κ3) is 3.55. The minimum absolute atomic E-state index is 0.0426. The van der Waals surface area contributed by atoms with Gasteiger partial charge in [0.25, 0.3) is 0 Å². The van der Waals surface area contributed by atoms with Crippen molar-refractivity contribution >= 4 is 15.9 Å². The molecule has 0 saturated heterocycles. The van der Waals surface area contributed by atoms with Crippen LogP contribution in [0.5, 0.6) is 0 Å². The molecule has 20 heavy (non-hydrogen) atoms. The molecule has 110 valence electrons. The Bertz CT molecular complexity index is 565. The molecule has 1 heterocycles. The summed E-state index contributed by atoms with van der Waals surface area (Å²) >= 11 is 0. The third-order valence-electron chi connectivity index (χ3n) is 3.68. The van der Waals surface area contributed by atoms with E-state index in [0.717, 1.165) is 18.5 Å². The molecule has 0 aromatic carbocycles. The number of nitrogens with one attached hydrogen (secondary N) is 2. The zero-order valence-corrected chi connectivity index (χ0v) is 12.1. The molecule has 2 rings (SSSR count). The molecule has 1 saturated carbocycles. The summed E-state index contributed by atoms with van der Waals surface area (Å²) in [6, 6.07) is 5.42. The molecule has 0 amide bonds. The topological polar surface area (TPSA) is 109 Å². The van der Waals surface area contributed by atoms with Crippen LogP contribution in [0.15, 0.2) is 24.4 Å². The van der Waals surface area contributed by atoms with Gasteiger partial charge < -0.3 is 5.73 Å². The number of sulfonamides is 1. The molecule has 0 bridgehead atoms. The van der Waals surface area contributed by atoms with Crippen molar-refractivity contribution in [1.82, 2.24) is 9.71 Å². The van der Waals surface area contributed by atoms with Crippen LogP contribution in [-0.2, 0) is 16.4 Å². The van der Waals surface area contributed by atoms with Crippen LogP contribution < -0.4 is 10.5 Å². The highest BCUT2D eigenvalue weighted by Gasteiger charge is 2.40. The zero-order chi connectivity index (χ0) is 14.6. The maximum atomic E-state index is 12.2. The number of nitrogens with zero attached hydrogens (tertiary/aromatic N) is 1. The Labute approximate surface area is 119 Å². The Morgan fingerprint density at radius 1 is 1.40 bits per heavy atom. The molecule has 0 spiro atoms. The van der Waals surface area contributed by atoms with Gasteiger partial charge in [-0.3, -0.25) is 10.4 Å². The number of pyridine rings is 1. The Hall–Kier alpha value is -1.47. The fraction of sp³-hybridized carbons (Fsp3) is 0.538. The van der Waals surface area contributed by atoms with E-state index in [-0.39, 0.29) is 11.6 Å². The summed E-state index contributed by atoms with van der Waals surface area (Å²) in [6.07, 6.45) is 4.98. The van der Waals surface area contributed by atoms with Crippen LogP contribution >= 0.6 is 0 Å². The largest absolute Gasteiger partial charge is 0.386 e. The number of aryl methyl sites for hydroxylation is 1. The average molecular weight is 296 g/mol. The van der Waals surface area contributed by atoms with Gasteiger partial charge in [0.05, 0.1) is 11.3 Å². The van der Waals surface area contributed by atoms with Crippen LogP contribution in [0.25, 0.3) is 0 Å². The molecule has 1 aromatic heterocycles. The zero-order valence-electron chi connectivity index (χ0n) is 11.3. The van der Waals surface area contributed by atoms with E-state index in [1.807, 2.05) is 6.07 Å². The molecule has 1 aliphatic rings. The van der Waals surface area contributed by atoms with Crippen molar-refractivity contribution in [2.45, 2.75) is 37.6 Å². The normalized spacial score (nSPS) is 18.0. The molecular formula is C13H20N4O2S. The molecule has 7 heteroatoms. The summed E-state index contributed by atoms with van der Waals surface area (Å²) in [5, 5.41) is 7.65. The number of rotatable bonds is 6. The van der Waals surface area contributed by atoms with Crippen molar-refractivity contribution in [1.29, 1.82) is 5.41 Å². The molecule has 0 radical (unpaired) electrons. The highest BCUT2D eigenvalue weighted by atomic mass is 32.2. The predicted octanol–water partition coefficient (Wildman–Crippen LogP) is 0.792. The number of hydrogen-bond donors (Lipinski definition) is 3. The van der Waals surface area contributed by atoms with Crippen molar-refractivity contribution < 1.29 is 8.42 Å². The van der Waals surface area contributed by atoms with Crippen molar-refractivity contribution in [3.63, 3.8) is 0 Å². The van der Waals surface area contributed by atoms with Gasteiger partial charge in [0, 0.05) is 18.3 Å². The molecule has 1 aliphatic carbocycles. The summed E-state index contributed by atoms with van der Waals surface area (Å²) in [7, 11) is -3.48. The SMILES string of the molecule is N=C(N)C1(NS(=O)(=O)CCc2ccccn2)CCCC1. The van der Waals surface area contributed by atoms with Gasteiger partial charge in [-0.15, -0.1) is 0 Å². The van der Waals surface area contributed by atoms with Crippen LogP contribution in [0.4, 0.5) is 0 Å². The van der Waals surface area contributed by atoms with E-state index in [1.54, 1.807) is 18.3 Å². The highest BCUT2D eigenvalue weighted by Crippen LogP contribution is 2.30. The van der Waals surface area contributed by atoms with Gasteiger partial charge in [-0.2, -0.15) is 0 Å². The fourth-order valence-electron chi connectivity index (χ4n) is 2.54. The van der Waals surface area contributed by atoms with Crippen LogP contribution in [0.2, 0.25) is 0 Å². The van der Waals surface area contributed by atoms with E-state index < -0.39 is 15.6 Å². The van der Waals surface area contributed by atoms with Gasteiger partial charge in [0.1, 0.15) is 5.84 Å². The van der Waals surface area contributed by atoms with Crippen molar-refractivity contribution in [3.8, 4) is 0 Å². The van der Waals surface area contributed by atoms with E-state index in [4.69, 9.17) is 11.1 Å². The molecule has 1 fully saturated rings. The first-order valence-electron chi connectivity index (χ1n) is 6.70. The van der Waals surface area contributed by atoms with Gasteiger partial charge in [-0.25, -0.2) is 13.1 Å². The lowest BCUT2D eigenvalue weighted by molar-refractivity contribution is 0.496. The van der Waals surface area contributed by atoms with Crippen LogP contribution in [0.3, 0.4) is 0 Å². The van der Waals surface area contributed by atoms with Gasteiger partial charge >= 0.3 is 0 Å². The standard InChI is InChI=1S/C13H20N4O2S/c14-12(15)13(7-2-3-8-13)17-20(18,19)10-6-11-5-1-4-9-16-11/h1,4-5,9,17H,2-3,6-8,10H2,(H3,14,15). The van der Waals surface area contributed by atoms with Gasteiger partial charge in [-0.1, -0.05) is 18.9 Å². The van der Waals surface area contributed by atoms with Crippen LogP contribution in [-0.4, -0.2) is 30.5 Å². The van der Waals surface area contributed by atoms with Crippen LogP contribution in [0.1, 0.15) is 31.4 Å². The second kappa shape index (κ2) is 5.88. The van der Waals surface area contributed by atoms with E-state index in [9.17, 15) is 8.42 Å². The molecule has 6 nitrogen and oxygen atoms in total. The second-order valence-electron chi connectivity index (χ2n) is 5.19. The summed E-state index contributed by atoms with van der Waals surface area (Å²) in [6.45, 7) is 0. The molecule has 0 unspecified atom stereocenters. The van der Waals surface area contributed by atoms with Gasteiger partial charge in [0.15, 0.2) is 0 Å². The monoisotopic (exact) mass is 296 g/mol. The lowest BCUT2D eigenvalue weighted by Crippen LogP contribution is -2.55. The smallest absolute Gasteiger partial charge is 0.212 e. The first-order chi connectivity index (χ1) is 9.44. The Kier molecular flexibility index (Phi) is 4.39. The Morgan fingerprint density at radius 3 is 2.65 bits per heavy atom. The number of hydrogen-bond acceptors (Lipinski definition) is 4. The third-order valence-corrected chi connectivity index (χ3v) is 5.12. The first-order valence-corrected chi connectivity index (χ1v) is 8.35. The Balaban J connectivity index is 2.02. The minimum Gasteiger partial charge on any atom is -0.386 e. The maximum Gasteiger partial charge on any atom is 0.212 e. The summed E-state index contributed by atoms with van der Waals surface area (Å²) in [5.41, 5.74) is 5.46. The molecular weight excluding hydrogens is 276 g/mol. The number of amidine groups is 1. The quantitative estimate of drug-likeness (QED) is 0.532. The molecule has 1 aromatic rings. The van der Waals surface area contributed by atoms with E-state index in [0.29, 0.717) is 19.3 Å². The van der Waals surface area contributed by atoms with Crippen molar-refractivity contribution in [2.24, 2.45) is 5.73 Å². The van der Waals surface area contributed by atoms with Crippen molar-refractivity contribution in [3.05, 3.63) is 30.1 Å². The Morgan fingerprint density at radius 2 is 2.10 bits per heavy atom. The van der Waals surface area contributed by atoms with E-state index in [2.05, 4.69) is 9.71 Å². The minimum atomic E-state index is -3.48. The number of nitrogens with two attached hydrogens (primary N) is 1. The summed E-state index contributed by atoms with van der Waals surface area (Å²) in [4.78, 5) is 4.11. The van der Waals surface area contributed by atoms with Crippen molar-refractivity contribution in [2.75, 3.05) is 5.75 Å². The molecule has 0 aliphatic heterocycles. The second-order valence-corrected chi connectivity index (χ2v) is 7.04. The maximum absolute atomic E-state index is 12.2. The fourth-order valence-corrected chi connectivity index (χ4v) is 4.03. The predicted molar refractivity (Wildman–Crippen MR) is 78.0 cm³/mol. The molecule has 4 N–H and O–H groups in total. The van der Waals surface area contributed by atoms with E-state index >= 15 is 0 Å². The van der Waals surface area contributed by atoms with Crippen LogP contribution in [0, 0.1) is 5.41 Å². The van der Waals surface area contributed by atoms with E-state index in [1.165, 1.54) is 0 Å². The van der Waals surface area contributed by atoms with Gasteiger partial charge in [-0.05, 0) is 25.0 Å². The lowest BCUT2D eigenvalue weighted by atomic mass is 9.98. The highest BCUT2D eigenvalue weighted by molar-refractivity contribution is 7.89. The summed E-state index contributed by atoms with van der Waals surface area (Å²) in [5.74, 6) is -0.129. The lowest BCUT2D eigenvalue weighted by Gasteiger charge is -2.28.